The smallest absolute Gasteiger partial charge is 0.238 e. The van der Waals surface area contributed by atoms with Crippen LogP contribution in [0.4, 0.5) is 0 Å². The van der Waals surface area contributed by atoms with Crippen molar-refractivity contribution in [2.75, 3.05) is 6.54 Å². The minimum absolute atomic E-state index is 0.0199. The van der Waals surface area contributed by atoms with Gasteiger partial charge < -0.3 is 5.32 Å². The zero-order valence-electron chi connectivity index (χ0n) is 14.1. The van der Waals surface area contributed by atoms with E-state index in [1.165, 1.54) is 6.07 Å². The van der Waals surface area contributed by atoms with Gasteiger partial charge in [0.25, 0.3) is 0 Å². The van der Waals surface area contributed by atoms with Crippen LogP contribution in [0.1, 0.15) is 17.9 Å². The van der Waals surface area contributed by atoms with E-state index < -0.39 is 10.0 Å². The van der Waals surface area contributed by atoms with Crippen LogP contribution in [0.2, 0.25) is 0 Å². The monoisotopic (exact) mass is 384 g/mol. The van der Waals surface area contributed by atoms with E-state index in [0.29, 0.717) is 12.1 Å². The van der Waals surface area contributed by atoms with Gasteiger partial charge in [0.15, 0.2) is 0 Å². The summed E-state index contributed by atoms with van der Waals surface area (Å²) in [5, 5.41) is 21.9. The van der Waals surface area contributed by atoms with Gasteiger partial charge >= 0.3 is 0 Å². The van der Waals surface area contributed by atoms with Gasteiger partial charge in [0.05, 0.1) is 16.4 Å². The number of nitrogens with zero attached hydrogens (tertiary/aromatic N) is 3. The Morgan fingerprint density at radius 1 is 1.11 bits per heavy atom. The lowest BCUT2D eigenvalue weighted by atomic mass is 9.93. The molecule has 4 N–H and O–H groups in total. The number of aromatic amines is 1. The Bertz CT molecular complexity index is 1090. The molecule has 9 nitrogen and oxygen atoms in total. The highest BCUT2D eigenvalue weighted by Gasteiger charge is 2.26. The Hall–Kier alpha value is -3.11. The van der Waals surface area contributed by atoms with Crippen LogP contribution < -0.4 is 10.5 Å². The van der Waals surface area contributed by atoms with Crippen molar-refractivity contribution in [2.24, 2.45) is 5.14 Å². The van der Waals surface area contributed by atoms with Gasteiger partial charge in [-0.05, 0) is 34.4 Å². The molecule has 138 valence electrons. The number of aromatic nitrogens is 4. The molecule has 1 unspecified atom stereocenters. The fourth-order valence-electron chi connectivity index (χ4n) is 3.31. The van der Waals surface area contributed by atoms with Crippen molar-refractivity contribution in [2.45, 2.75) is 17.2 Å². The number of carbonyl (C=O) groups excluding carboxylic acids is 1. The lowest BCUT2D eigenvalue weighted by Crippen LogP contribution is -2.17. The number of hydrogen-bond donors (Lipinski definition) is 3. The fraction of sp³-hybridized carbons (Fsp3) is 0.176. The van der Waals surface area contributed by atoms with E-state index in [1.807, 2.05) is 24.3 Å². The molecule has 1 aliphatic heterocycles. The van der Waals surface area contributed by atoms with E-state index in [4.69, 9.17) is 5.14 Å². The van der Waals surface area contributed by atoms with Crippen LogP contribution in [-0.2, 0) is 14.8 Å². The minimum atomic E-state index is -3.99. The number of carbonyl (C=O) groups is 1. The summed E-state index contributed by atoms with van der Waals surface area (Å²) in [6.07, 6.45) is 0.757. The second-order valence-electron chi connectivity index (χ2n) is 6.21. The molecule has 0 aliphatic carbocycles. The van der Waals surface area contributed by atoms with Crippen molar-refractivity contribution >= 4 is 15.9 Å². The van der Waals surface area contributed by atoms with Gasteiger partial charge in [-0.3, -0.25) is 4.79 Å². The van der Waals surface area contributed by atoms with E-state index in [-0.39, 0.29) is 28.1 Å². The third-order valence-corrected chi connectivity index (χ3v) is 5.53. The van der Waals surface area contributed by atoms with Crippen LogP contribution in [0, 0.1) is 0 Å². The number of hydrogen-bond acceptors (Lipinski definition) is 6. The highest BCUT2D eigenvalue weighted by atomic mass is 32.2. The van der Waals surface area contributed by atoms with E-state index in [0.717, 1.165) is 17.5 Å². The van der Waals surface area contributed by atoms with Gasteiger partial charge in [-0.2, -0.15) is 5.21 Å². The summed E-state index contributed by atoms with van der Waals surface area (Å²) in [6, 6.07) is 12.2. The molecule has 1 saturated heterocycles. The fourth-order valence-corrected chi connectivity index (χ4v) is 4.07. The number of primary sulfonamides is 1. The van der Waals surface area contributed by atoms with Crippen LogP contribution >= 0.6 is 0 Å². The third kappa shape index (κ3) is 3.20. The molecule has 2 heterocycles. The second-order valence-corrected chi connectivity index (χ2v) is 7.74. The normalized spacial score (nSPS) is 17.1. The molecule has 0 bridgehead atoms. The standard InChI is InChI=1S/C17H16N6O3S/c18-27(25,26)14-3-1-2-12(15(14)16-20-22-23-21-16)10-4-6-11(7-5-10)13-8-9-19-17(13)24/h1-7,13H,8-9H2,(H,19,24)(H2,18,25,26)(H,20,21,22,23). The lowest BCUT2D eigenvalue weighted by Gasteiger charge is -2.13. The average Bonchev–Trinajstić information content (AvgIpc) is 3.32. The second kappa shape index (κ2) is 6.56. The first-order valence-corrected chi connectivity index (χ1v) is 9.77. The number of H-pyrrole nitrogens is 1. The van der Waals surface area contributed by atoms with Crippen LogP contribution in [-0.4, -0.2) is 41.5 Å². The summed E-state index contributed by atoms with van der Waals surface area (Å²) >= 11 is 0. The Morgan fingerprint density at radius 3 is 2.48 bits per heavy atom. The zero-order chi connectivity index (χ0) is 19.0. The summed E-state index contributed by atoms with van der Waals surface area (Å²) < 4.78 is 24.1. The van der Waals surface area contributed by atoms with Gasteiger partial charge in [-0.15, -0.1) is 10.2 Å². The van der Waals surface area contributed by atoms with Gasteiger partial charge in [0, 0.05) is 6.54 Å². The van der Waals surface area contributed by atoms with Crippen LogP contribution in [0.25, 0.3) is 22.5 Å². The maximum atomic E-state index is 12.0. The summed E-state index contributed by atoms with van der Waals surface area (Å²) in [7, 11) is -3.99. The number of rotatable bonds is 4. The predicted octanol–water partition coefficient (Wildman–Crippen LogP) is 0.785. The Kier molecular flexibility index (Phi) is 4.21. The third-order valence-electron chi connectivity index (χ3n) is 4.57. The highest BCUT2D eigenvalue weighted by molar-refractivity contribution is 7.89. The van der Waals surface area contributed by atoms with E-state index >= 15 is 0 Å². The van der Waals surface area contributed by atoms with Crippen molar-refractivity contribution in [3.05, 3.63) is 48.0 Å². The molecule has 1 amide bonds. The van der Waals surface area contributed by atoms with Gasteiger partial charge in [-0.1, -0.05) is 36.4 Å². The van der Waals surface area contributed by atoms with Crippen molar-refractivity contribution in [1.82, 2.24) is 25.9 Å². The zero-order valence-corrected chi connectivity index (χ0v) is 14.9. The van der Waals surface area contributed by atoms with Crippen molar-refractivity contribution in [3.63, 3.8) is 0 Å². The Morgan fingerprint density at radius 2 is 1.89 bits per heavy atom. The first-order valence-electron chi connectivity index (χ1n) is 8.23. The van der Waals surface area contributed by atoms with E-state index in [1.54, 1.807) is 12.1 Å². The molecule has 1 fully saturated rings. The first kappa shape index (κ1) is 17.3. The SMILES string of the molecule is NS(=O)(=O)c1cccc(-c2ccc(C3CCNC3=O)cc2)c1-c1nn[nH]n1. The van der Waals surface area contributed by atoms with Crippen LogP contribution in [0.15, 0.2) is 47.4 Å². The lowest BCUT2D eigenvalue weighted by molar-refractivity contribution is -0.120. The quantitative estimate of drug-likeness (QED) is 0.606. The van der Waals surface area contributed by atoms with E-state index in [9.17, 15) is 13.2 Å². The van der Waals surface area contributed by atoms with Crippen LogP contribution in [0.5, 0.6) is 0 Å². The van der Waals surface area contributed by atoms with Crippen molar-refractivity contribution < 1.29 is 13.2 Å². The molecular weight excluding hydrogens is 368 g/mol. The van der Waals surface area contributed by atoms with Gasteiger partial charge in [-0.25, -0.2) is 13.6 Å². The van der Waals surface area contributed by atoms with Gasteiger partial charge in [0.1, 0.15) is 0 Å². The predicted molar refractivity (Wildman–Crippen MR) is 96.8 cm³/mol. The summed E-state index contributed by atoms with van der Waals surface area (Å²) in [6.45, 7) is 0.670. The van der Waals surface area contributed by atoms with Crippen molar-refractivity contribution in [1.29, 1.82) is 0 Å². The molecule has 0 spiro atoms. The van der Waals surface area contributed by atoms with E-state index in [2.05, 4.69) is 25.9 Å². The van der Waals surface area contributed by atoms with Gasteiger partial charge in [0.2, 0.25) is 21.8 Å². The summed E-state index contributed by atoms with van der Waals surface area (Å²) in [5.41, 5.74) is 2.55. The van der Waals surface area contributed by atoms with Crippen LogP contribution in [0.3, 0.4) is 0 Å². The number of tetrazole rings is 1. The number of sulfonamides is 1. The molecule has 1 aromatic heterocycles. The number of benzene rings is 2. The molecule has 2 aromatic carbocycles. The Labute approximate surface area is 155 Å². The van der Waals surface area contributed by atoms with Crippen molar-refractivity contribution in [3.8, 4) is 22.5 Å². The highest BCUT2D eigenvalue weighted by Crippen LogP contribution is 2.35. The Balaban J connectivity index is 1.83. The number of nitrogens with one attached hydrogen (secondary N) is 2. The molecule has 4 rings (SSSR count). The molecule has 1 aliphatic rings. The summed E-state index contributed by atoms with van der Waals surface area (Å²) in [5.74, 6) is -0.00758. The molecule has 1 atom stereocenters. The molecule has 3 aromatic rings. The maximum absolute atomic E-state index is 12.0. The molecular formula is C17H16N6O3S. The molecule has 27 heavy (non-hydrogen) atoms. The number of amides is 1. The number of nitrogens with two attached hydrogens (primary N) is 1. The largest absolute Gasteiger partial charge is 0.356 e. The minimum Gasteiger partial charge on any atom is -0.356 e. The topological polar surface area (TPSA) is 144 Å². The first-order chi connectivity index (χ1) is 12.9. The molecule has 0 saturated carbocycles. The summed E-state index contributed by atoms with van der Waals surface area (Å²) in [4.78, 5) is 11.8. The molecule has 0 radical (unpaired) electrons. The maximum Gasteiger partial charge on any atom is 0.238 e. The average molecular weight is 384 g/mol. The molecule has 10 heteroatoms.